The third-order valence-electron chi connectivity index (χ3n) is 8.48. The van der Waals surface area contributed by atoms with Crippen molar-refractivity contribution in [1.29, 1.82) is 0 Å². The molecule has 0 aliphatic rings. The van der Waals surface area contributed by atoms with E-state index >= 15 is 0 Å². The largest absolute Gasteiger partial charge is 0.208 e. The molecule has 9 rings (SSSR count). The monoisotopic (exact) mass is 614 g/mol. The van der Waals surface area contributed by atoms with Gasteiger partial charge in [-0.05, 0) is 45.8 Å². The first-order valence-corrected chi connectivity index (χ1v) is 15.8. The van der Waals surface area contributed by atoms with Crippen LogP contribution in [0.4, 0.5) is 0 Å². The highest BCUT2D eigenvalue weighted by Gasteiger charge is 2.09. The highest BCUT2D eigenvalue weighted by molar-refractivity contribution is 5.96. The maximum absolute atomic E-state index is 5.04. The van der Waals surface area contributed by atoms with Crippen LogP contribution in [0, 0.1) is 0 Å². The smallest absolute Gasteiger partial charge is 0.164 e. The third kappa shape index (κ3) is 5.21. The van der Waals surface area contributed by atoms with Gasteiger partial charge < -0.3 is 0 Å². The lowest BCUT2D eigenvalue weighted by Crippen LogP contribution is -1.94. The van der Waals surface area contributed by atoms with Crippen LogP contribution in [-0.4, -0.2) is 29.9 Å². The molecule has 48 heavy (non-hydrogen) atoms. The lowest BCUT2D eigenvalue weighted by atomic mass is 10.1. The second-order valence-corrected chi connectivity index (χ2v) is 11.7. The predicted octanol–water partition coefficient (Wildman–Crippen LogP) is 10.00. The molecule has 3 heterocycles. The summed E-state index contributed by atoms with van der Waals surface area (Å²) in [6.45, 7) is 0. The van der Waals surface area contributed by atoms with Gasteiger partial charge in [-0.25, -0.2) is 29.9 Å². The molecule has 0 aliphatic heterocycles. The Morgan fingerprint density at radius 2 is 0.500 bits per heavy atom. The van der Waals surface area contributed by atoms with Crippen molar-refractivity contribution < 1.29 is 0 Å². The van der Waals surface area contributed by atoms with Gasteiger partial charge in [0.25, 0.3) is 0 Å². The van der Waals surface area contributed by atoms with Crippen LogP contribution in [0.15, 0.2) is 158 Å². The second-order valence-electron chi connectivity index (χ2n) is 11.7. The van der Waals surface area contributed by atoms with Crippen molar-refractivity contribution in [3.63, 3.8) is 0 Å². The number of hydrogen-bond donors (Lipinski definition) is 0. The van der Waals surface area contributed by atoms with E-state index in [1.54, 1.807) is 0 Å². The molecule has 0 aliphatic carbocycles. The number of nitrogens with zero attached hydrogens (tertiary/aromatic N) is 6. The van der Waals surface area contributed by atoms with E-state index in [4.69, 9.17) is 29.9 Å². The molecule has 6 nitrogen and oxygen atoms in total. The fraction of sp³-hybridized carbons (Fsp3) is 0. The van der Waals surface area contributed by atoms with Crippen LogP contribution in [0.25, 0.3) is 88.5 Å². The van der Waals surface area contributed by atoms with Gasteiger partial charge in [0.1, 0.15) is 0 Å². The molecular weight excluding hydrogens is 589 g/mol. The van der Waals surface area contributed by atoms with Crippen molar-refractivity contribution in [2.24, 2.45) is 0 Å². The predicted molar refractivity (Wildman–Crippen MR) is 196 cm³/mol. The molecule has 0 atom stereocenters. The zero-order chi connectivity index (χ0) is 31.9. The Labute approximate surface area is 275 Å². The zero-order valence-corrected chi connectivity index (χ0v) is 25.7. The van der Waals surface area contributed by atoms with Crippen LogP contribution < -0.4 is 0 Å². The maximum Gasteiger partial charge on any atom is 0.164 e. The minimum Gasteiger partial charge on any atom is -0.208 e. The molecule has 0 unspecified atom stereocenters. The van der Waals surface area contributed by atoms with Gasteiger partial charge in [-0.15, -0.1) is 0 Å². The number of aromatic nitrogens is 6. The lowest BCUT2D eigenvalue weighted by molar-refractivity contribution is 1.18. The van der Waals surface area contributed by atoms with Gasteiger partial charge >= 0.3 is 0 Å². The third-order valence-corrected chi connectivity index (χ3v) is 8.48. The Hall–Kier alpha value is -6.66. The Bertz CT molecular complexity index is 2440. The van der Waals surface area contributed by atoms with E-state index in [1.165, 1.54) is 0 Å². The topological polar surface area (TPSA) is 77.3 Å². The van der Waals surface area contributed by atoms with Crippen LogP contribution >= 0.6 is 0 Å². The molecule has 0 N–H and O–H groups in total. The normalized spacial score (nSPS) is 11.3. The molecule has 0 radical (unpaired) electrons. The Morgan fingerprint density at radius 3 is 0.792 bits per heavy atom. The first-order valence-electron chi connectivity index (χ1n) is 15.8. The average molecular weight is 615 g/mol. The Kier molecular flexibility index (Phi) is 6.68. The van der Waals surface area contributed by atoms with Crippen molar-refractivity contribution in [1.82, 2.24) is 29.9 Å². The molecule has 0 fully saturated rings. The van der Waals surface area contributed by atoms with E-state index < -0.39 is 0 Å². The van der Waals surface area contributed by atoms with Gasteiger partial charge in [0.05, 0.1) is 0 Å². The summed E-state index contributed by atoms with van der Waals surface area (Å²) in [4.78, 5) is 30.0. The van der Waals surface area contributed by atoms with Crippen molar-refractivity contribution in [2.75, 3.05) is 0 Å². The van der Waals surface area contributed by atoms with Crippen LogP contribution in [0.2, 0.25) is 0 Å². The quantitative estimate of drug-likeness (QED) is 0.193. The average Bonchev–Trinajstić information content (AvgIpc) is 3.18. The summed E-state index contributed by atoms with van der Waals surface area (Å²) in [5.74, 6) is 1.25. The Balaban J connectivity index is 1.47. The fourth-order valence-corrected chi connectivity index (χ4v) is 6.05. The van der Waals surface area contributed by atoms with Gasteiger partial charge in [0, 0.05) is 32.7 Å². The molecule has 224 valence electrons. The van der Waals surface area contributed by atoms with Crippen LogP contribution in [-0.2, 0) is 0 Å². The van der Waals surface area contributed by atoms with E-state index in [2.05, 4.69) is 48.5 Å². The second kappa shape index (κ2) is 11.6. The van der Waals surface area contributed by atoms with E-state index in [-0.39, 0.29) is 0 Å². The lowest BCUT2D eigenvalue weighted by Gasteiger charge is -2.05. The van der Waals surface area contributed by atoms with Gasteiger partial charge in [0.2, 0.25) is 0 Å². The van der Waals surface area contributed by atoms with E-state index in [0.29, 0.717) is 34.2 Å². The maximum atomic E-state index is 5.04. The summed E-state index contributed by atoms with van der Waals surface area (Å²) in [6.07, 6.45) is 0. The van der Waals surface area contributed by atoms with E-state index in [0.717, 1.165) is 54.2 Å². The van der Waals surface area contributed by atoms with Crippen molar-refractivity contribution in [3.8, 4) is 22.8 Å². The molecule has 0 saturated carbocycles. The number of rotatable bonds is 2. The zero-order valence-electron chi connectivity index (χ0n) is 25.7. The van der Waals surface area contributed by atoms with Crippen molar-refractivity contribution in [2.45, 2.75) is 0 Å². The molecule has 0 amide bonds. The summed E-state index contributed by atoms with van der Waals surface area (Å²) in [5, 5.41) is 7.74. The summed E-state index contributed by atoms with van der Waals surface area (Å²) in [6, 6.07) is 53.4. The fourth-order valence-electron chi connectivity index (χ4n) is 6.05. The highest BCUT2D eigenvalue weighted by Crippen LogP contribution is 2.25. The van der Waals surface area contributed by atoms with Crippen molar-refractivity contribution >= 4 is 65.7 Å². The molecule has 6 aromatic carbocycles. The Morgan fingerprint density at radius 1 is 0.229 bits per heavy atom. The molecule has 9 aromatic rings. The summed E-state index contributed by atoms with van der Waals surface area (Å²) in [5.41, 5.74) is 4.31. The molecule has 0 spiro atoms. The van der Waals surface area contributed by atoms with E-state index in [1.807, 2.05) is 109 Å². The van der Waals surface area contributed by atoms with Crippen LogP contribution in [0.3, 0.4) is 0 Å². The SMILES string of the molecule is c1ccc(-c2nc3nc(n2)c2cccc(c2)c2cccc(c2)c2nc(-c4ccccc4)nc(n2)c2cccc(c2)c2cccc3c2)cc1. The van der Waals surface area contributed by atoms with Crippen LogP contribution in [0.1, 0.15) is 0 Å². The van der Waals surface area contributed by atoms with Crippen LogP contribution in [0.5, 0.6) is 0 Å². The van der Waals surface area contributed by atoms with Gasteiger partial charge in [0.15, 0.2) is 34.2 Å². The minimum absolute atomic E-state index is 0.611. The standard InChI is InChI=1S/C42H26N6/c1-3-11-27(12-4-1)37-43-39-33-19-7-15-29(23-33)31-17-9-21-35(25-31)41-45-38(28-13-5-2-6-14-28)46-42(48-41)36-22-10-18-32(26-36)30-16-8-20-34(24-30)40(44-37)47-39/h1-26H. The first-order chi connectivity index (χ1) is 23.7. The van der Waals surface area contributed by atoms with Gasteiger partial charge in [-0.2, -0.15) is 0 Å². The minimum atomic E-state index is 0.611. The van der Waals surface area contributed by atoms with E-state index in [9.17, 15) is 0 Å². The van der Waals surface area contributed by atoms with Gasteiger partial charge in [-0.1, -0.05) is 133 Å². The molecular formula is C42H26N6. The summed E-state index contributed by atoms with van der Waals surface area (Å²) < 4.78 is 0. The highest BCUT2D eigenvalue weighted by atomic mass is 15.0. The molecule has 12 bridgehead atoms. The number of fused-ring (bicyclic) bond motifs is 18. The summed E-state index contributed by atoms with van der Waals surface area (Å²) in [7, 11) is 0. The summed E-state index contributed by atoms with van der Waals surface area (Å²) >= 11 is 0. The molecule has 6 heteroatoms. The molecule has 3 aromatic heterocycles. The molecule has 0 saturated heterocycles. The van der Waals surface area contributed by atoms with Crippen molar-refractivity contribution in [3.05, 3.63) is 158 Å². The number of hydrogen-bond acceptors (Lipinski definition) is 6. The first kappa shape index (κ1) is 27.6. The van der Waals surface area contributed by atoms with Gasteiger partial charge in [-0.3, -0.25) is 0 Å². The number of benzene rings is 6.